The summed E-state index contributed by atoms with van der Waals surface area (Å²) in [6.45, 7) is 1.95. The maximum Gasteiger partial charge on any atom is 0.333 e. The molecule has 0 aliphatic rings. The van der Waals surface area contributed by atoms with E-state index in [4.69, 9.17) is 16.3 Å². The topological polar surface area (TPSA) is 35.5 Å². The van der Waals surface area contributed by atoms with Crippen LogP contribution < -0.4 is 4.74 Å². The van der Waals surface area contributed by atoms with E-state index in [1.165, 1.54) is 7.11 Å². The average molecular weight is 241 g/mol. The van der Waals surface area contributed by atoms with Crippen molar-refractivity contribution in [2.24, 2.45) is 0 Å². The molecule has 86 valence electrons. The average Bonchev–Trinajstić information content (AvgIpc) is 2.30. The number of ether oxygens (including phenoxy) is 2. The summed E-state index contributed by atoms with van der Waals surface area (Å²) in [5, 5.41) is 0.548. The molecule has 0 bridgehead atoms. The minimum atomic E-state index is -0.359. The van der Waals surface area contributed by atoms with Gasteiger partial charge in [-0.15, -0.1) is 0 Å². The van der Waals surface area contributed by atoms with Gasteiger partial charge in [-0.25, -0.2) is 4.79 Å². The Bertz CT molecular complexity index is 399. The molecule has 0 fully saturated rings. The minimum Gasteiger partial charge on any atom is -0.488 e. The lowest BCUT2D eigenvalue weighted by molar-refractivity contribution is -0.136. The van der Waals surface area contributed by atoms with Crippen LogP contribution in [0.4, 0.5) is 0 Å². The Kier molecular flexibility index (Phi) is 4.86. The summed E-state index contributed by atoms with van der Waals surface area (Å²) < 4.78 is 9.94. The standard InChI is InChI=1S/C12H13ClO3/c1-9(12(14)15-2)7-8-16-11-6-4-3-5-10(11)13/h3-7H,8H2,1-2H3. The summed E-state index contributed by atoms with van der Waals surface area (Å²) in [6.07, 6.45) is 1.65. The monoisotopic (exact) mass is 240 g/mol. The molecule has 0 aromatic heterocycles. The van der Waals surface area contributed by atoms with E-state index in [2.05, 4.69) is 4.74 Å². The summed E-state index contributed by atoms with van der Waals surface area (Å²) in [5.41, 5.74) is 0.509. The molecular weight excluding hydrogens is 228 g/mol. The lowest BCUT2D eigenvalue weighted by atomic mass is 10.3. The van der Waals surface area contributed by atoms with Gasteiger partial charge in [0.15, 0.2) is 0 Å². The number of rotatable bonds is 4. The van der Waals surface area contributed by atoms with E-state index in [1.807, 2.05) is 12.1 Å². The highest BCUT2D eigenvalue weighted by atomic mass is 35.5. The van der Waals surface area contributed by atoms with Crippen LogP contribution in [0, 0.1) is 0 Å². The normalized spacial score (nSPS) is 11.1. The third-order valence-electron chi connectivity index (χ3n) is 1.97. The van der Waals surface area contributed by atoms with Crippen molar-refractivity contribution in [2.45, 2.75) is 6.92 Å². The summed E-state index contributed by atoms with van der Waals surface area (Å²) in [7, 11) is 1.34. The van der Waals surface area contributed by atoms with Gasteiger partial charge < -0.3 is 9.47 Å². The highest BCUT2D eigenvalue weighted by molar-refractivity contribution is 6.32. The van der Waals surface area contributed by atoms with Gasteiger partial charge in [0.2, 0.25) is 0 Å². The van der Waals surface area contributed by atoms with Gasteiger partial charge in [0, 0.05) is 5.57 Å². The fourth-order valence-electron chi connectivity index (χ4n) is 1.06. The summed E-state index contributed by atoms with van der Waals surface area (Å²) in [5.74, 6) is 0.237. The first-order chi connectivity index (χ1) is 7.65. The van der Waals surface area contributed by atoms with Gasteiger partial charge in [-0.05, 0) is 25.1 Å². The number of halogens is 1. The lowest BCUT2D eigenvalue weighted by Gasteiger charge is -2.05. The quantitative estimate of drug-likeness (QED) is 0.600. The molecule has 1 aromatic carbocycles. The van der Waals surface area contributed by atoms with Crippen molar-refractivity contribution in [2.75, 3.05) is 13.7 Å². The van der Waals surface area contributed by atoms with Crippen LogP contribution in [0.5, 0.6) is 5.75 Å². The predicted octanol–water partition coefficient (Wildman–Crippen LogP) is 2.84. The smallest absolute Gasteiger partial charge is 0.333 e. The van der Waals surface area contributed by atoms with Crippen molar-refractivity contribution in [1.29, 1.82) is 0 Å². The molecule has 0 atom stereocenters. The highest BCUT2D eigenvalue weighted by Crippen LogP contribution is 2.22. The Morgan fingerprint density at radius 3 is 2.75 bits per heavy atom. The Balaban J connectivity index is 2.53. The second kappa shape index (κ2) is 6.18. The number of methoxy groups -OCH3 is 1. The first kappa shape index (κ1) is 12.6. The van der Waals surface area contributed by atoms with Crippen LogP contribution in [-0.4, -0.2) is 19.7 Å². The van der Waals surface area contributed by atoms with Crippen LogP contribution in [0.3, 0.4) is 0 Å². The number of esters is 1. The van der Waals surface area contributed by atoms with Gasteiger partial charge in [0.25, 0.3) is 0 Å². The first-order valence-electron chi connectivity index (χ1n) is 4.77. The van der Waals surface area contributed by atoms with Gasteiger partial charge in [-0.2, -0.15) is 0 Å². The number of para-hydroxylation sites is 1. The maximum absolute atomic E-state index is 11.0. The zero-order chi connectivity index (χ0) is 12.0. The molecular formula is C12H13ClO3. The van der Waals surface area contributed by atoms with Crippen LogP contribution in [-0.2, 0) is 9.53 Å². The molecule has 0 radical (unpaired) electrons. The summed E-state index contributed by atoms with van der Waals surface area (Å²) in [6, 6.07) is 7.17. The Morgan fingerprint density at radius 2 is 2.12 bits per heavy atom. The molecule has 0 aliphatic heterocycles. The first-order valence-corrected chi connectivity index (χ1v) is 5.15. The molecule has 0 heterocycles. The molecule has 0 saturated carbocycles. The Labute approximate surface area is 99.6 Å². The molecule has 0 spiro atoms. The van der Waals surface area contributed by atoms with E-state index in [0.29, 0.717) is 16.3 Å². The molecule has 0 amide bonds. The van der Waals surface area contributed by atoms with E-state index in [9.17, 15) is 4.79 Å². The summed E-state index contributed by atoms with van der Waals surface area (Å²) in [4.78, 5) is 11.0. The molecule has 1 rings (SSSR count). The van der Waals surface area contributed by atoms with E-state index < -0.39 is 0 Å². The molecule has 4 heteroatoms. The number of hydrogen-bond donors (Lipinski definition) is 0. The molecule has 0 unspecified atom stereocenters. The van der Waals surface area contributed by atoms with E-state index in [0.717, 1.165) is 0 Å². The number of benzene rings is 1. The van der Waals surface area contributed by atoms with Gasteiger partial charge >= 0.3 is 5.97 Å². The van der Waals surface area contributed by atoms with Crippen molar-refractivity contribution in [3.63, 3.8) is 0 Å². The van der Waals surface area contributed by atoms with Gasteiger partial charge in [0.05, 0.1) is 12.1 Å². The van der Waals surface area contributed by atoms with Crippen molar-refractivity contribution in [1.82, 2.24) is 0 Å². The number of carbonyl (C=O) groups is 1. The fourth-order valence-corrected chi connectivity index (χ4v) is 1.25. The summed E-state index contributed by atoms with van der Waals surface area (Å²) >= 11 is 5.89. The third kappa shape index (κ3) is 3.59. The van der Waals surface area contributed by atoms with Crippen LogP contribution >= 0.6 is 11.6 Å². The SMILES string of the molecule is COC(=O)C(C)=CCOc1ccccc1Cl. The molecule has 3 nitrogen and oxygen atoms in total. The van der Waals surface area contributed by atoms with Gasteiger partial charge in [0.1, 0.15) is 12.4 Å². The zero-order valence-corrected chi connectivity index (χ0v) is 9.95. The van der Waals surface area contributed by atoms with Crippen molar-refractivity contribution in [3.05, 3.63) is 40.9 Å². The Morgan fingerprint density at radius 1 is 1.44 bits per heavy atom. The second-order valence-electron chi connectivity index (χ2n) is 3.12. The van der Waals surface area contributed by atoms with E-state index >= 15 is 0 Å². The molecule has 0 saturated heterocycles. The Hall–Kier alpha value is -1.48. The number of carbonyl (C=O) groups excluding carboxylic acids is 1. The van der Waals surface area contributed by atoms with Crippen LogP contribution in [0.15, 0.2) is 35.9 Å². The molecule has 0 aliphatic carbocycles. The second-order valence-corrected chi connectivity index (χ2v) is 3.53. The van der Waals surface area contributed by atoms with Crippen LogP contribution in [0.1, 0.15) is 6.92 Å². The maximum atomic E-state index is 11.0. The van der Waals surface area contributed by atoms with E-state index in [1.54, 1.807) is 25.1 Å². The van der Waals surface area contributed by atoms with Crippen LogP contribution in [0.25, 0.3) is 0 Å². The minimum absolute atomic E-state index is 0.282. The van der Waals surface area contributed by atoms with E-state index in [-0.39, 0.29) is 12.6 Å². The molecule has 16 heavy (non-hydrogen) atoms. The van der Waals surface area contributed by atoms with Crippen molar-refractivity contribution < 1.29 is 14.3 Å². The third-order valence-corrected chi connectivity index (χ3v) is 2.28. The molecule has 1 aromatic rings. The predicted molar refractivity (Wildman–Crippen MR) is 62.7 cm³/mol. The molecule has 0 N–H and O–H groups in total. The van der Waals surface area contributed by atoms with Crippen molar-refractivity contribution >= 4 is 17.6 Å². The highest BCUT2D eigenvalue weighted by Gasteiger charge is 2.02. The van der Waals surface area contributed by atoms with Crippen LogP contribution in [0.2, 0.25) is 5.02 Å². The fraction of sp³-hybridized carbons (Fsp3) is 0.250. The van der Waals surface area contributed by atoms with Gasteiger partial charge in [-0.1, -0.05) is 23.7 Å². The van der Waals surface area contributed by atoms with Crippen molar-refractivity contribution in [3.8, 4) is 5.75 Å². The number of hydrogen-bond acceptors (Lipinski definition) is 3. The van der Waals surface area contributed by atoms with Gasteiger partial charge in [-0.3, -0.25) is 0 Å². The largest absolute Gasteiger partial charge is 0.488 e. The zero-order valence-electron chi connectivity index (χ0n) is 9.20. The lowest BCUT2D eigenvalue weighted by Crippen LogP contribution is -2.04.